The number of hydrogen-bond acceptors (Lipinski definition) is 6. The Bertz CT molecular complexity index is 900. The van der Waals surface area contributed by atoms with Crippen molar-refractivity contribution < 1.29 is 28.6 Å². The molecule has 0 aromatic rings. The number of carbonyl (C=O) groups is 3. The molecule has 0 radical (unpaired) electrons. The van der Waals surface area contributed by atoms with E-state index in [1.165, 1.54) is 180 Å². The second kappa shape index (κ2) is 45.9. The molecule has 6 nitrogen and oxygen atoms in total. The van der Waals surface area contributed by atoms with Crippen LogP contribution in [0, 0.1) is 11.8 Å². The van der Waals surface area contributed by atoms with Gasteiger partial charge in [-0.1, -0.05) is 253 Å². The van der Waals surface area contributed by atoms with Gasteiger partial charge in [0.15, 0.2) is 6.10 Å². The van der Waals surface area contributed by atoms with E-state index in [-0.39, 0.29) is 31.1 Å². The maximum absolute atomic E-state index is 12.8. The number of unbranched alkanes of at least 4 members (excludes halogenated alkanes) is 32. The van der Waals surface area contributed by atoms with E-state index >= 15 is 0 Å². The Labute approximate surface area is 368 Å². The normalized spacial score (nSPS) is 12.1. The van der Waals surface area contributed by atoms with E-state index in [0.717, 1.165) is 69.6 Å². The first-order valence-corrected chi connectivity index (χ1v) is 26.2. The van der Waals surface area contributed by atoms with Crippen molar-refractivity contribution in [1.29, 1.82) is 0 Å². The predicted octanol–water partition coefficient (Wildman–Crippen LogP) is 16.9. The van der Waals surface area contributed by atoms with Gasteiger partial charge >= 0.3 is 17.9 Å². The molecule has 6 heteroatoms. The first-order chi connectivity index (χ1) is 28.7. The lowest BCUT2D eigenvalue weighted by Gasteiger charge is -2.18. The Hall–Kier alpha value is -1.59. The number of esters is 3. The van der Waals surface area contributed by atoms with Gasteiger partial charge in [-0.05, 0) is 31.1 Å². The Kier molecular flexibility index (Phi) is 44.7. The molecule has 0 aromatic carbocycles. The summed E-state index contributed by atoms with van der Waals surface area (Å²) >= 11 is 0. The lowest BCUT2D eigenvalue weighted by atomic mass is 10.0. The van der Waals surface area contributed by atoms with Crippen LogP contribution in [0.3, 0.4) is 0 Å². The molecular weight excluding hydrogens is 733 g/mol. The van der Waals surface area contributed by atoms with Gasteiger partial charge in [0.2, 0.25) is 0 Å². The lowest BCUT2D eigenvalue weighted by molar-refractivity contribution is -0.167. The third-order valence-corrected chi connectivity index (χ3v) is 12.0. The van der Waals surface area contributed by atoms with E-state index in [0.29, 0.717) is 19.3 Å². The molecule has 0 amide bonds. The van der Waals surface area contributed by atoms with E-state index in [2.05, 4.69) is 34.6 Å². The summed E-state index contributed by atoms with van der Waals surface area (Å²) in [6.45, 7) is 11.3. The molecule has 0 fully saturated rings. The first kappa shape index (κ1) is 57.4. The summed E-state index contributed by atoms with van der Waals surface area (Å²) in [5.74, 6) is 0.776. The Morgan fingerprint density at radius 3 is 0.831 bits per heavy atom. The van der Waals surface area contributed by atoms with Crippen molar-refractivity contribution in [2.45, 2.75) is 298 Å². The van der Waals surface area contributed by atoms with Crippen LogP contribution < -0.4 is 0 Å². The highest BCUT2D eigenvalue weighted by molar-refractivity contribution is 5.71. The Morgan fingerprint density at radius 1 is 0.322 bits per heavy atom. The summed E-state index contributed by atoms with van der Waals surface area (Å²) in [5, 5.41) is 0. The van der Waals surface area contributed by atoms with Crippen molar-refractivity contribution in [2.24, 2.45) is 11.8 Å². The quantitative estimate of drug-likeness (QED) is 0.0345. The van der Waals surface area contributed by atoms with Crippen LogP contribution in [0.15, 0.2) is 0 Å². The van der Waals surface area contributed by atoms with Crippen LogP contribution >= 0.6 is 0 Å². The molecule has 0 saturated carbocycles. The highest BCUT2D eigenvalue weighted by Crippen LogP contribution is 2.17. The number of ether oxygens (including phenoxy) is 3. The van der Waals surface area contributed by atoms with Crippen molar-refractivity contribution in [3.63, 3.8) is 0 Å². The van der Waals surface area contributed by atoms with Crippen LogP contribution in [0.5, 0.6) is 0 Å². The number of hydrogen-bond donors (Lipinski definition) is 0. The molecule has 0 saturated heterocycles. The van der Waals surface area contributed by atoms with Gasteiger partial charge in [-0.2, -0.15) is 0 Å². The van der Waals surface area contributed by atoms with Crippen LogP contribution in [-0.2, 0) is 28.6 Å². The maximum Gasteiger partial charge on any atom is 0.306 e. The van der Waals surface area contributed by atoms with Crippen molar-refractivity contribution in [2.75, 3.05) is 13.2 Å². The molecule has 0 aliphatic rings. The average Bonchev–Trinajstić information content (AvgIpc) is 3.20. The topological polar surface area (TPSA) is 78.9 Å². The van der Waals surface area contributed by atoms with Gasteiger partial charge in [0.1, 0.15) is 13.2 Å². The SMILES string of the molecule is CCCCCCCCCCCCCCCCCCC(=O)OC[C@H](COC(=O)CCCCCCCCCCCC(C)C)OC(=O)CCCCCCCCCCCCC(C)C. The Balaban J connectivity index is 4.30. The van der Waals surface area contributed by atoms with Gasteiger partial charge < -0.3 is 14.2 Å². The summed E-state index contributed by atoms with van der Waals surface area (Å²) < 4.78 is 16.8. The van der Waals surface area contributed by atoms with E-state index in [4.69, 9.17) is 14.2 Å². The van der Waals surface area contributed by atoms with Gasteiger partial charge in [0, 0.05) is 19.3 Å². The van der Waals surface area contributed by atoms with Crippen LogP contribution in [0.4, 0.5) is 0 Å². The molecule has 0 heterocycles. The van der Waals surface area contributed by atoms with Gasteiger partial charge in [-0.3, -0.25) is 14.4 Å². The van der Waals surface area contributed by atoms with Crippen molar-refractivity contribution in [1.82, 2.24) is 0 Å². The fourth-order valence-corrected chi connectivity index (χ4v) is 7.99. The molecule has 0 spiro atoms. The third kappa shape index (κ3) is 47.3. The monoisotopic (exact) mass is 835 g/mol. The van der Waals surface area contributed by atoms with Crippen molar-refractivity contribution in [3.05, 3.63) is 0 Å². The molecule has 0 N–H and O–H groups in total. The molecule has 59 heavy (non-hydrogen) atoms. The summed E-state index contributed by atoms with van der Waals surface area (Å²) in [6, 6.07) is 0. The molecule has 0 bridgehead atoms. The van der Waals surface area contributed by atoms with E-state index in [1.807, 2.05) is 0 Å². The molecule has 350 valence electrons. The molecule has 0 unspecified atom stereocenters. The summed E-state index contributed by atoms with van der Waals surface area (Å²) in [7, 11) is 0. The second-order valence-corrected chi connectivity index (χ2v) is 19.1. The fraction of sp³-hybridized carbons (Fsp3) is 0.943. The largest absolute Gasteiger partial charge is 0.462 e. The fourth-order valence-electron chi connectivity index (χ4n) is 7.99. The predicted molar refractivity (Wildman–Crippen MR) is 252 cm³/mol. The first-order valence-electron chi connectivity index (χ1n) is 26.2. The maximum atomic E-state index is 12.8. The summed E-state index contributed by atoms with van der Waals surface area (Å²) in [4.78, 5) is 37.9. The lowest BCUT2D eigenvalue weighted by Crippen LogP contribution is -2.30. The minimum Gasteiger partial charge on any atom is -0.462 e. The second-order valence-electron chi connectivity index (χ2n) is 19.1. The van der Waals surface area contributed by atoms with E-state index in [9.17, 15) is 14.4 Å². The molecule has 0 aliphatic heterocycles. The van der Waals surface area contributed by atoms with E-state index < -0.39 is 6.10 Å². The molecular formula is C53H102O6. The highest BCUT2D eigenvalue weighted by Gasteiger charge is 2.19. The van der Waals surface area contributed by atoms with Gasteiger partial charge in [0.05, 0.1) is 0 Å². The Morgan fingerprint density at radius 2 is 0.559 bits per heavy atom. The van der Waals surface area contributed by atoms with Gasteiger partial charge in [-0.25, -0.2) is 0 Å². The molecule has 0 aromatic heterocycles. The number of carbonyl (C=O) groups excluding carboxylic acids is 3. The standard InChI is InChI=1S/C53H102O6/c1-6-7-8-9-10-11-12-13-14-15-16-17-23-28-33-38-43-51(54)57-46-50(47-58-52(55)44-39-34-29-25-20-22-27-32-37-42-49(4)5)59-53(56)45-40-35-30-24-19-18-21-26-31-36-41-48(2)3/h48-50H,6-47H2,1-5H3/t50-/m1/s1. The van der Waals surface area contributed by atoms with Crippen molar-refractivity contribution >= 4 is 17.9 Å². The average molecular weight is 835 g/mol. The van der Waals surface area contributed by atoms with Crippen LogP contribution in [0.25, 0.3) is 0 Å². The minimum atomic E-state index is -0.762. The summed E-state index contributed by atoms with van der Waals surface area (Å²) in [5.41, 5.74) is 0. The smallest absolute Gasteiger partial charge is 0.306 e. The highest BCUT2D eigenvalue weighted by atomic mass is 16.6. The molecule has 0 rings (SSSR count). The van der Waals surface area contributed by atoms with Crippen LogP contribution in [0.1, 0.15) is 291 Å². The van der Waals surface area contributed by atoms with Crippen LogP contribution in [-0.4, -0.2) is 37.2 Å². The minimum absolute atomic E-state index is 0.0638. The van der Waals surface area contributed by atoms with Crippen LogP contribution in [0.2, 0.25) is 0 Å². The summed E-state index contributed by atoms with van der Waals surface area (Å²) in [6.07, 6.45) is 46.6. The van der Waals surface area contributed by atoms with Gasteiger partial charge in [-0.15, -0.1) is 0 Å². The van der Waals surface area contributed by atoms with E-state index in [1.54, 1.807) is 0 Å². The molecule has 0 aliphatic carbocycles. The zero-order valence-corrected chi connectivity index (χ0v) is 40.4. The molecule has 1 atom stereocenters. The zero-order valence-electron chi connectivity index (χ0n) is 40.4. The van der Waals surface area contributed by atoms with Gasteiger partial charge in [0.25, 0.3) is 0 Å². The number of rotatable bonds is 47. The third-order valence-electron chi connectivity index (χ3n) is 12.0. The van der Waals surface area contributed by atoms with Crippen molar-refractivity contribution in [3.8, 4) is 0 Å². The zero-order chi connectivity index (χ0) is 43.3.